The van der Waals surface area contributed by atoms with Crippen molar-refractivity contribution in [1.29, 1.82) is 0 Å². The highest BCUT2D eigenvalue weighted by atomic mass is 32.2. The lowest BCUT2D eigenvalue weighted by molar-refractivity contribution is 0.181. The number of aromatic nitrogens is 5. The lowest BCUT2D eigenvalue weighted by atomic mass is 10.1. The van der Waals surface area contributed by atoms with E-state index in [1.807, 2.05) is 41.0 Å². The zero-order valence-electron chi connectivity index (χ0n) is 21.6. The van der Waals surface area contributed by atoms with Crippen LogP contribution < -0.4 is 4.74 Å². The summed E-state index contributed by atoms with van der Waals surface area (Å²) in [6.45, 7) is 5.68. The number of nitrogens with zero attached hydrogens (tertiary/aromatic N) is 5. The molecule has 5 aromatic rings. The van der Waals surface area contributed by atoms with Crippen molar-refractivity contribution in [3.05, 3.63) is 82.8 Å². The summed E-state index contributed by atoms with van der Waals surface area (Å²) in [6.07, 6.45) is 0.994. The molecule has 0 unspecified atom stereocenters. The van der Waals surface area contributed by atoms with E-state index in [4.69, 9.17) is 13.9 Å². The van der Waals surface area contributed by atoms with Gasteiger partial charge < -0.3 is 18.5 Å². The predicted molar refractivity (Wildman–Crippen MR) is 149 cm³/mol. The van der Waals surface area contributed by atoms with E-state index < -0.39 is 0 Å². The highest BCUT2D eigenvalue weighted by Gasteiger charge is 2.17. The number of para-hydroxylation sites is 1. The Morgan fingerprint density at radius 3 is 2.61 bits per heavy atom. The molecule has 0 bridgehead atoms. The molecule has 0 amide bonds. The highest BCUT2D eigenvalue weighted by Crippen LogP contribution is 2.32. The smallest absolute Gasteiger partial charge is 0.257 e. The van der Waals surface area contributed by atoms with Crippen molar-refractivity contribution in [2.24, 2.45) is 0 Å². The minimum atomic E-state index is 0.281. The van der Waals surface area contributed by atoms with Gasteiger partial charge in [-0.15, -0.1) is 31.7 Å². The molecule has 3 heterocycles. The summed E-state index contributed by atoms with van der Waals surface area (Å²) in [7, 11) is 1.68. The summed E-state index contributed by atoms with van der Waals surface area (Å²) in [5, 5.41) is 18.1. The fourth-order valence-corrected chi connectivity index (χ4v) is 5.90. The molecule has 5 rings (SSSR count). The van der Waals surface area contributed by atoms with Gasteiger partial charge in [-0.2, -0.15) is 0 Å². The van der Waals surface area contributed by atoms with Crippen molar-refractivity contribution in [2.45, 2.75) is 44.3 Å². The number of methoxy groups -OCH3 is 1. The molecule has 10 heteroatoms. The van der Waals surface area contributed by atoms with Crippen LogP contribution in [0.4, 0.5) is 0 Å². The third-order valence-electron chi connectivity index (χ3n) is 5.99. The molecular weight excluding hydrogens is 518 g/mol. The maximum Gasteiger partial charge on any atom is 0.257 e. The van der Waals surface area contributed by atoms with Crippen molar-refractivity contribution in [3.63, 3.8) is 0 Å². The summed E-state index contributed by atoms with van der Waals surface area (Å²) in [5.74, 6) is 3.11. The third kappa shape index (κ3) is 5.98. The summed E-state index contributed by atoms with van der Waals surface area (Å²) < 4.78 is 19.5. The Bertz CT molecular complexity index is 1480. The average Bonchev–Trinajstić information content (AvgIpc) is 3.68. The van der Waals surface area contributed by atoms with Crippen molar-refractivity contribution in [3.8, 4) is 27.6 Å². The van der Waals surface area contributed by atoms with Crippen LogP contribution in [0, 0.1) is 6.92 Å². The maximum atomic E-state index is 6.23. The fraction of sp³-hybridized carbons (Fsp3) is 0.286. The van der Waals surface area contributed by atoms with Crippen molar-refractivity contribution < 1.29 is 13.9 Å². The number of hydrogen-bond donors (Lipinski definition) is 0. The molecular formula is C28H29N5O3S2. The Kier molecular flexibility index (Phi) is 8.52. The number of ether oxygens (including phenoxy) is 2. The Morgan fingerprint density at radius 2 is 1.82 bits per heavy atom. The van der Waals surface area contributed by atoms with Gasteiger partial charge in [0.1, 0.15) is 12.4 Å². The van der Waals surface area contributed by atoms with Crippen molar-refractivity contribution >= 4 is 23.1 Å². The molecule has 0 N–H and O–H groups in total. The van der Waals surface area contributed by atoms with Crippen LogP contribution in [-0.4, -0.2) is 38.7 Å². The molecule has 0 fully saturated rings. The molecule has 0 atom stereocenters. The SMILES string of the molecule is CCc1sc(-c2nnc(CSc3nnc(COc4ccccc4-c4ccccc4)n3CCOC)o2)cc1C. The zero-order valence-corrected chi connectivity index (χ0v) is 23.2. The van der Waals surface area contributed by atoms with Gasteiger partial charge in [-0.3, -0.25) is 0 Å². The number of aryl methyl sites for hydroxylation is 2. The average molecular weight is 548 g/mol. The summed E-state index contributed by atoms with van der Waals surface area (Å²) in [4.78, 5) is 2.34. The number of thioether (sulfide) groups is 1. The third-order valence-corrected chi connectivity index (χ3v) is 8.31. The van der Waals surface area contributed by atoms with Gasteiger partial charge in [-0.25, -0.2) is 0 Å². The molecule has 0 aliphatic heterocycles. The van der Waals surface area contributed by atoms with Crippen LogP contribution >= 0.6 is 23.1 Å². The number of benzene rings is 2. The van der Waals surface area contributed by atoms with Crippen LogP contribution in [0.25, 0.3) is 21.9 Å². The lowest BCUT2D eigenvalue weighted by Gasteiger charge is -2.13. The Labute approximate surface area is 230 Å². The first-order valence-corrected chi connectivity index (χ1v) is 14.2. The molecule has 8 nitrogen and oxygen atoms in total. The molecule has 2 aromatic carbocycles. The van der Waals surface area contributed by atoms with Gasteiger partial charge in [-0.05, 0) is 36.6 Å². The van der Waals surface area contributed by atoms with E-state index in [9.17, 15) is 0 Å². The zero-order chi connectivity index (χ0) is 26.3. The standard InChI is InChI=1S/C28H29N5O3S2/c1-4-23-19(2)16-24(38-23)27-31-30-26(36-27)18-37-28-32-29-25(33(28)14-15-34-3)17-35-22-13-9-8-12-21(22)20-10-6-5-7-11-20/h5-13,16H,4,14-15,17-18H2,1-3H3. The Hall–Kier alpha value is -3.47. The second-order valence-electron chi connectivity index (χ2n) is 8.55. The first-order valence-electron chi connectivity index (χ1n) is 12.4. The Balaban J connectivity index is 1.29. The van der Waals surface area contributed by atoms with Gasteiger partial charge in [-0.1, -0.05) is 67.2 Å². The fourth-order valence-electron chi connectivity index (χ4n) is 4.04. The number of thiophene rings is 1. The molecule has 3 aromatic heterocycles. The van der Waals surface area contributed by atoms with E-state index in [-0.39, 0.29) is 6.61 Å². The summed E-state index contributed by atoms with van der Waals surface area (Å²) in [6, 6.07) is 20.3. The van der Waals surface area contributed by atoms with Gasteiger partial charge in [0.05, 0.1) is 17.2 Å². The molecule has 0 saturated carbocycles. The van der Waals surface area contributed by atoms with Crippen LogP contribution in [0.15, 0.2) is 70.2 Å². The molecule has 0 radical (unpaired) electrons. The van der Waals surface area contributed by atoms with Crippen LogP contribution in [0.2, 0.25) is 0 Å². The Morgan fingerprint density at radius 1 is 1.00 bits per heavy atom. The first kappa shape index (κ1) is 26.1. The first-order chi connectivity index (χ1) is 18.7. The molecule has 0 aliphatic rings. The van der Waals surface area contributed by atoms with Gasteiger partial charge in [0, 0.05) is 24.1 Å². The maximum absolute atomic E-state index is 6.23. The second kappa shape index (κ2) is 12.4. The van der Waals surface area contributed by atoms with E-state index in [1.165, 1.54) is 22.2 Å². The minimum absolute atomic E-state index is 0.281. The van der Waals surface area contributed by atoms with Gasteiger partial charge in [0.25, 0.3) is 5.89 Å². The normalized spacial score (nSPS) is 11.2. The van der Waals surface area contributed by atoms with E-state index in [0.717, 1.165) is 39.2 Å². The minimum Gasteiger partial charge on any atom is -0.485 e. The molecule has 38 heavy (non-hydrogen) atoms. The molecule has 0 saturated heterocycles. The topological polar surface area (TPSA) is 88.1 Å². The van der Waals surface area contributed by atoms with Gasteiger partial charge in [0.15, 0.2) is 11.0 Å². The van der Waals surface area contributed by atoms with Crippen LogP contribution in [-0.2, 0) is 30.1 Å². The van der Waals surface area contributed by atoms with Gasteiger partial charge in [0.2, 0.25) is 5.89 Å². The number of rotatable bonds is 12. The second-order valence-corrected chi connectivity index (χ2v) is 10.6. The van der Waals surface area contributed by atoms with E-state index in [2.05, 4.69) is 58.5 Å². The van der Waals surface area contributed by atoms with Crippen LogP contribution in [0.3, 0.4) is 0 Å². The van der Waals surface area contributed by atoms with E-state index in [0.29, 0.717) is 30.7 Å². The largest absolute Gasteiger partial charge is 0.485 e. The molecule has 0 spiro atoms. The summed E-state index contributed by atoms with van der Waals surface area (Å²) >= 11 is 3.20. The molecule has 0 aliphatic carbocycles. The van der Waals surface area contributed by atoms with Gasteiger partial charge >= 0.3 is 0 Å². The highest BCUT2D eigenvalue weighted by molar-refractivity contribution is 7.98. The van der Waals surface area contributed by atoms with Crippen molar-refractivity contribution in [1.82, 2.24) is 25.0 Å². The lowest BCUT2D eigenvalue weighted by Crippen LogP contribution is -2.12. The van der Waals surface area contributed by atoms with Crippen LogP contribution in [0.5, 0.6) is 5.75 Å². The number of hydrogen-bond acceptors (Lipinski definition) is 9. The van der Waals surface area contributed by atoms with E-state index >= 15 is 0 Å². The quantitative estimate of drug-likeness (QED) is 0.165. The van der Waals surface area contributed by atoms with Crippen LogP contribution in [0.1, 0.15) is 29.1 Å². The van der Waals surface area contributed by atoms with E-state index in [1.54, 1.807) is 18.4 Å². The van der Waals surface area contributed by atoms with Crippen molar-refractivity contribution in [2.75, 3.05) is 13.7 Å². The monoisotopic (exact) mass is 547 g/mol. The predicted octanol–water partition coefficient (Wildman–Crippen LogP) is 6.45. The molecule has 196 valence electrons. The summed E-state index contributed by atoms with van der Waals surface area (Å²) in [5.41, 5.74) is 3.39.